The van der Waals surface area contributed by atoms with Gasteiger partial charge in [-0.1, -0.05) is 23.3 Å². The molecule has 0 bridgehead atoms. The molecule has 2 aromatic rings. The van der Waals surface area contributed by atoms with E-state index in [1.807, 2.05) is 12.1 Å². The normalized spacial score (nSPS) is 11.0. The molecule has 0 spiro atoms. The molecular weight excluding hydrogens is 458 g/mol. The summed E-state index contributed by atoms with van der Waals surface area (Å²) in [7, 11) is 0. The summed E-state index contributed by atoms with van der Waals surface area (Å²) in [4.78, 5) is 13.2. The average molecular weight is 473 g/mol. The van der Waals surface area contributed by atoms with Gasteiger partial charge in [-0.05, 0) is 76.4 Å². The fourth-order valence-corrected chi connectivity index (χ4v) is 2.74. The van der Waals surface area contributed by atoms with Crippen molar-refractivity contribution in [2.45, 2.75) is 25.6 Å². The predicted molar refractivity (Wildman–Crippen MR) is 97.9 cm³/mol. The first-order valence-corrected chi connectivity index (χ1v) is 8.51. The number of carboxylic acid groups (broad SMARTS) is 1. The summed E-state index contributed by atoms with van der Waals surface area (Å²) in [5.74, 6) is -0.603. The van der Waals surface area contributed by atoms with Gasteiger partial charge in [0.05, 0.1) is 6.10 Å². The Morgan fingerprint density at radius 3 is 2.62 bits per heavy atom. The zero-order chi connectivity index (χ0) is 18.2. The molecule has 0 saturated carbocycles. The third-order valence-electron chi connectivity index (χ3n) is 3.48. The van der Waals surface area contributed by atoms with Crippen molar-refractivity contribution in [3.63, 3.8) is 0 Å². The first-order valence-electron chi connectivity index (χ1n) is 7.44. The van der Waals surface area contributed by atoms with Gasteiger partial charge in [0.1, 0.15) is 12.4 Å². The molecule has 1 N–H and O–H groups in total. The maximum Gasteiger partial charge on any atom is 1.00 e. The van der Waals surface area contributed by atoms with Crippen LogP contribution in [0.25, 0.3) is 10.4 Å². The number of aliphatic carboxylic acids is 1. The molecule has 1 unspecified atom stereocenters. The van der Waals surface area contributed by atoms with Gasteiger partial charge in [0.2, 0.25) is 0 Å². The molecule has 0 radical (unpaired) electrons. The third kappa shape index (κ3) is 7.14. The largest absolute Gasteiger partial charge is 1.00 e. The van der Waals surface area contributed by atoms with Gasteiger partial charge in [0.25, 0.3) is 0 Å². The number of ether oxygens (including phenoxy) is 1. The van der Waals surface area contributed by atoms with E-state index in [9.17, 15) is 15.0 Å². The number of halogens is 1. The first kappa shape index (κ1) is 22.8. The van der Waals surface area contributed by atoms with E-state index < -0.39 is 12.1 Å². The second-order valence-electron chi connectivity index (χ2n) is 5.25. The molecule has 9 heteroatoms. The number of aliphatic hydroxyl groups excluding tert-OH is 1. The second-order valence-corrected chi connectivity index (χ2v) is 6.49. The van der Waals surface area contributed by atoms with Crippen LogP contribution in [0.2, 0.25) is 0 Å². The van der Waals surface area contributed by atoms with Crippen molar-refractivity contribution in [3.05, 3.63) is 67.6 Å². The van der Waals surface area contributed by atoms with E-state index in [1.165, 1.54) is 0 Å². The topological polar surface area (TPSA) is 118 Å². The van der Waals surface area contributed by atoms with Crippen LogP contribution >= 0.6 is 22.6 Å². The molecule has 1 atom stereocenters. The number of aliphatic hydroxyl groups is 1. The molecule has 7 nitrogen and oxygen atoms in total. The number of nitrogens with zero attached hydrogens (tertiary/aromatic N) is 3. The minimum Gasteiger partial charge on any atom is -0.550 e. The Balaban J connectivity index is 0.00000338. The number of hydrogen-bond donors (Lipinski definition) is 1. The van der Waals surface area contributed by atoms with E-state index in [0.717, 1.165) is 9.13 Å². The molecule has 2 rings (SSSR count). The van der Waals surface area contributed by atoms with Crippen molar-refractivity contribution in [2.24, 2.45) is 5.11 Å². The molecular formula is C17H15IN3NaO4. The van der Waals surface area contributed by atoms with Crippen LogP contribution in [0.4, 0.5) is 5.69 Å². The molecule has 0 aliphatic heterocycles. The maximum atomic E-state index is 10.4. The smallest absolute Gasteiger partial charge is 0.550 e. The average Bonchev–Trinajstić information content (AvgIpc) is 2.60. The van der Waals surface area contributed by atoms with Gasteiger partial charge in [-0.25, -0.2) is 0 Å². The molecule has 26 heavy (non-hydrogen) atoms. The van der Waals surface area contributed by atoms with Crippen molar-refractivity contribution < 1.29 is 49.3 Å². The summed E-state index contributed by atoms with van der Waals surface area (Å²) >= 11 is 2.16. The molecule has 0 amide bonds. The van der Waals surface area contributed by atoms with Gasteiger partial charge in [-0.2, -0.15) is 0 Å². The molecule has 0 aliphatic rings. The zero-order valence-corrected chi connectivity index (χ0v) is 18.3. The van der Waals surface area contributed by atoms with Crippen LogP contribution in [0.3, 0.4) is 0 Å². The predicted octanol–water partition coefficient (Wildman–Crippen LogP) is 0.379. The zero-order valence-electron chi connectivity index (χ0n) is 14.1. The molecule has 0 aliphatic carbocycles. The summed E-state index contributed by atoms with van der Waals surface area (Å²) in [6, 6.07) is 12.2. The number of rotatable bonds is 8. The minimum atomic E-state index is -1.19. The van der Waals surface area contributed by atoms with Crippen LogP contribution < -0.4 is 39.4 Å². The van der Waals surface area contributed by atoms with Gasteiger partial charge in [0.15, 0.2) is 0 Å². The third-order valence-corrected chi connectivity index (χ3v) is 4.15. The van der Waals surface area contributed by atoms with E-state index in [1.54, 1.807) is 30.3 Å². The van der Waals surface area contributed by atoms with Crippen molar-refractivity contribution in [1.29, 1.82) is 0 Å². The Morgan fingerprint density at radius 2 is 2.00 bits per heavy atom. The van der Waals surface area contributed by atoms with Gasteiger partial charge >= 0.3 is 29.6 Å². The van der Waals surface area contributed by atoms with Gasteiger partial charge in [0, 0.05) is 20.1 Å². The quantitative estimate of drug-likeness (QED) is 0.196. The summed E-state index contributed by atoms with van der Waals surface area (Å²) < 4.78 is 6.69. The van der Waals surface area contributed by atoms with E-state index in [4.69, 9.17) is 10.3 Å². The minimum absolute atomic E-state index is 0. The molecule has 130 valence electrons. The van der Waals surface area contributed by atoms with Crippen molar-refractivity contribution in [1.82, 2.24) is 0 Å². The number of benzene rings is 2. The second kappa shape index (κ2) is 11.4. The Labute approximate surface area is 186 Å². The van der Waals surface area contributed by atoms with Gasteiger partial charge in [-0.15, -0.1) is 0 Å². The molecule has 0 heterocycles. The van der Waals surface area contributed by atoms with Crippen LogP contribution in [0.5, 0.6) is 5.75 Å². The fraction of sp³-hybridized carbons (Fsp3) is 0.235. The molecule has 0 aromatic heterocycles. The Bertz CT molecular complexity index is 795. The van der Waals surface area contributed by atoms with Crippen LogP contribution in [0.1, 0.15) is 30.1 Å². The van der Waals surface area contributed by atoms with Crippen LogP contribution in [-0.2, 0) is 11.4 Å². The monoisotopic (exact) mass is 473 g/mol. The SMILES string of the molecule is [N-]=[N+]=Nc1ccc([125I])cc1COc1ccc(C(O)CCC(=O)[O-])cc1.[Na+]. The summed E-state index contributed by atoms with van der Waals surface area (Å²) in [6.07, 6.45) is -0.964. The van der Waals surface area contributed by atoms with Crippen LogP contribution in [0.15, 0.2) is 47.6 Å². The Kier molecular flexibility index (Phi) is 10.0. The van der Waals surface area contributed by atoms with E-state index in [0.29, 0.717) is 17.0 Å². The van der Waals surface area contributed by atoms with Crippen molar-refractivity contribution >= 4 is 34.2 Å². The summed E-state index contributed by atoms with van der Waals surface area (Å²) in [5, 5.41) is 24.0. The number of azide groups is 1. The Hall–Kier alpha value is -1.29. The standard InChI is InChI=1S/C17H16IN3O4.Na/c18-13-3-6-15(20-21-19)12(9-13)10-25-14-4-1-11(2-5-14)16(22)7-8-17(23)24;/h1-6,9,16,22H,7-8,10H2,(H,23,24);/q;+1/p-1/i18-2;. The van der Waals surface area contributed by atoms with Gasteiger partial charge < -0.3 is 19.7 Å². The number of hydrogen-bond acceptors (Lipinski definition) is 5. The number of carboxylic acids is 1. The van der Waals surface area contributed by atoms with E-state index in [2.05, 4.69) is 32.6 Å². The molecule has 0 fully saturated rings. The van der Waals surface area contributed by atoms with Crippen molar-refractivity contribution in [2.75, 3.05) is 0 Å². The summed E-state index contributed by atoms with van der Waals surface area (Å²) in [5.41, 5.74) is 10.5. The maximum absolute atomic E-state index is 10.4. The summed E-state index contributed by atoms with van der Waals surface area (Å²) in [6.45, 7) is 0.234. The molecule has 0 saturated heterocycles. The number of carbonyl (C=O) groups is 1. The van der Waals surface area contributed by atoms with E-state index in [-0.39, 0.29) is 49.0 Å². The fourth-order valence-electron chi connectivity index (χ4n) is 2.18. The first-order chi connectivity index (χ1) is 12.0. The van der Waals surface area contributed by atoms with Gasteiger partial charge in [-0.3, -0.25) is 0 Å². The Morgan fingerprint density at radius 1 is 1.31 bits per heavy atom. The number of carbonyl (C=O) groups excluding carboxylic acids is 1. The van der Waals surface area contributed by atoms with Crippen LogP contribution in [0, 0.1) is 3.57 Å². The van der Waals surface area contributed by atoms with Crippen molar-refractivity contribution in [3.8, 4) is 5.75 Å². The van der Waals surface area contributed by atoms with E-state index >= 15 is 0 Å². The van der Waals surface area contributed by atoms with Crippen LogP contribution in [-0.4, -0.2) is 11.1 Å². The molecule has 2 aromatic carbocycles.